The first-order valence-electron chi connectivity index (χ1n) is 6.42. The fraction of sp³-hybridized carbons (Fsp3) is 0.250. The van der Waals surface area contributed by atoms with E-state index in [2.05, 4.69) is 11.4 Å². The van der Waals surface area contributed by atoms with E-state index in [-0.39, 0.29) is 11.8 Å². The van der Waals surface area contributed by atoms with Crippen molar-refractivity contribution in [1.29, 1.82) is 0 Å². The Morgan fingerprint density at radius 3 is 2.65 bits per heavy atom. The van der Waals surface area contributed by atoms with Crippen molar-refractivity contribution >= 4 is 17.4 Å². The number of hydrogen-bond acceptors (Lipinski definition) is 4. The predicted molar refractivity (Wildman–Crippen MR) is 84.9 cm³/mol. The van der Waals surface area contributed by atoms with Gasteiger partial charge < -0.3 is 15.2 Å². The SMILES string of the molecule is COc1ccc(O)c(C(C)Nc2ccccc2SC)c1. The number of methoxy groups -OCH3 is 1. The summed E-state index contributed by atoms with van der Waals surface area (Å²) in [6, 6.07) is 13.4. The minimum atomic E-state index is -0.0154. The van der Waals surface area contributed by atoms with Crippen LogP contribution in [0.3, 0.4) is 0 Å². The predicted octanol–water partition coefficient (Wildman–Crippen LogP) is 4.30. The van der Waals surface area contributed by atoms with Crippen LogP contribution < -0.4 is 10.1 Å². The van der Waals surface area contributed by atoms with Crippen LogP contribution in [0.15, 0.2) is 47.4 Å². The molecule has 1 atom stereocenters. The van der Waals surface area contributed by atoms with Crippen molar-refractivity contribution in [3.05, 3.63) is 48.0 Å². The molecular formula is C16H19NO2S. The topological polar surface area (TPSA) is 41.5 Å². The number of ether oxygens (including phenoxy) is 1. The fourth-order valence-corrected chi connectivity index (χ4v) is 2.64. The van der Waals surface area contributed by atoms with Crippen LogP contribution in [-0.2, 0) is 0 Å². The molecule has 0 saturated heterocycles. The highest BCUT2D eigenvalue weighted by Crippen LogP contribution is 2.33. The van der Waals surface area contributed by atoms with E-state index in [9.17, 15) is 5.11 Å². The van der Waals surface area contributed by atoms with Crippen LogP contribution >= 0.6 is 11.8 Å². The van der Waals surface area contributed by atoms with Gasteiger partial charge in [0.05, 0.1) is 13.2 Å². The van der Waals surface area contributed by atoms with E-state index in [0.29, 0.717) is 0 Å². The standard InChI is InChI=1S/C16H19NO2S/c1-11(13-10-12(19-2)8-9-15(13)18)17-14-6-4-5-7-16(14)20-3/h4-11,17-18H,1-3H3. The highest BCUT2D eigenvalue weighted by Gasteiger charge is 2.13. The molecule has 0 aliphatic rings. The van der Waals surface area contributed by atoms with Crippen LogP contribution in [0, 0.1) is 0 Å². The molecule has 0 fully saturated rings. The van der Waals surface area contributed by atoms with Gasteiger partial charge in [-0.2, -0.15) is 0 Å². The number of anilines is 1. The fourth-order valence-electron chi connectivity index (χ4n) is 2.08. The maximum Gasteiger partial charge on any atom is 0.121 e. The third-order valence-corrected chi connectivity index (χ3v) is 3.98. The van der Waals surface area contributed by atoms with Crippen LogP contribution in [0.25, 0.3) is 0 Å². The molecule has 106 valence electrons. The van der Waals surface area contributed by atoms with Gasteiger partial charge in [0.2, 0.25) is 0 Å². The first-order chi connectivity index (χ1) is 9.65. The highest BCUT2D eigenvalue weighted by molar-refractivity contribution is 7.98. The van der Waals surface area contributed by atoms with E-state index in [1.165, 1.54) is 4.90 Å². The number of thioether (sulfide) groups is 1. The Bertz CT molecular complexity index is 586. The Balaban J connectivity index is 2.25. The summed E-state index contributed by atoms with van der Waals surface area (Å²) in [5.41, 5.74) is 1.88. The number of benzene rings is 2. The Hall–Kier alpha value is -1.81. The highest BCUT2D eigenvalue weighted by atomic mass is 32.2. The summed E-state index contributed by atoms with van der Waals surface area (Å²) in [6.07, 6.45) is 2.05. The van der Waals surface area contributed by atoms with Crippen LogP contribution in [0.2, 0.25) is 0 Å². The lowest BCUT2D eigenvalue weighted by Gasteiger charge is -2.19. The van der Waals surface area contributed by atoms with E-state index in [4.69, 9.17) is 4.74 Å². The Morgan fingerprint density at radius 2 is 1.95 bits per heavy atom. The van der Waals surface area contributed by atoms with Crippen LogP contribution in [0.4, 0.5) is 5.69 Å². The quantitative estimate of drug-likeness (QED) is 0.805. The normalized spacial score (nSPS) is 11.9. The monoisotopic (exact) mass is 289 g/mol. The molecule has 3 nitrogen and oxygen atoms in total. The van der Waals surface area contributed by atoms with Gasteiger partial charge >= 0.3 is 0 Å². The molecule has 0 aromatic heterocycles. The molecule has 0 spiro atoms. The van der Waals surface area contributed by atoms with Gasteiger partial charge in [0.1, 0.15) is 11.5 Å². The maximum atomic E-state index is 10.0. The van der Waals surface area contributed by atoms with Crippen molar-refractivity contribution in [3.63, 3.8) is 0 Å². The van der Waals surface area contributed by atoms with Crippen LogP contribution in [-0.4, -0.2) is 18.5 Å². The first-order valence-corrected chi connectivity index (χ1v) is 7.64. The van der Waals surface area contributed by atoms with E-state index >= 15 is 0 Å². The minimum Gasteiger partial charge on any atom is -0.508 e. The molecule has 4 heteroatoms. The molecule has 20 heavy (non-hydrogen) atoms. The summed E-state index contributed by atoms with van der Waals surface area (Å²) in [4.78, 5) is 1.18. The van der Waals surface area contributed by atoms with Crippen molar-refractivity contribution < 1.29 is 9.84 Å². The van der Waals surface area contributed by atoms with E-state index in [1.807, 2.05) is 37.4 Å². The van der Waals surface area contributed by atoms with Gasteiger partial charge in [-0.1, -0.05) is 12.1 Å². The van der Waals surface area contributed by atoms with E-state index in [1.54, 1.807) is 31.0 Å². The lowest BCUT2D eigenvalue weighted by molar-refractivity contribution is 0.410. The first kappa shape index (κ1) is 14.6. The average Bonchev–Trinajstić information content (AvgIpc) is 2.48. The zero-order chi connectivity index (χ0) is 14.5. The largest absolute Gasteiger partial charge is 0.508 e. The second-order valence-corrected chi connectivity index (χ2v) is 5.34. The van der Waals surface area contributed by atoms with Crippen LogP contribution in [0.5, 0.6) is 11.5 Å². The van der Waals surface area contributed by atoms with Gasteiger partial charge in [-0.05, 0) is 43.5 Å². The zero-order valence-electron chi connectivity index (χ0n) is 11.9. The summed E-state index contributed by atoms with van der Waals surface area (Å²) < 4.78 is 5.21. The van der Waals surface area contributed by atoms with Gasteiger partial charge in [-0.25, -0.2) is 0 Å². The van der Waals surface area contributed by atoms with Gasteiger partial charge in [0.25, 0.3) is 0 Å². The zero-order valence-corrected chi connectivity index (χ0v) is 12.7. The molecular weight excluding hydrogens is 270 g/mol. The van der Waals surface area contributed by atoms with Crippen molar-refractivity contribution in [2.75, 3.05) is 18.7 Å². The Labute approximate surface area is 124 Å². The summed E-state index contributed by atoms with van der Waals surface area (Å²) in [7, 11) is 1.62. The number of phenolic OH excluding ortho intramolecular Hbond substituents is 1. The maximum absolute atomic E-state index is 10.0. The van der Waals surface area contributed by atoms with E-state index < -0.39 is 0 Å². The molecule has 0 amide bonds. The molecule has 0 radical (unpaired) electrons. The van der Waals surface area contributed by atoms with Crippen molar-refractivity contribution in [2.45, 2.75) is 17.9 Å². The Kier molecular flexibility index (Phi) is 4.79. The van der Waals surface area contributed by atoms with Crippen LogP contribution in [0.1, 0.15) is 18.5 Å². The number of rotatable bonds is 5. The number of hydrogen-bond donors (Lipinski definition) is 2. The minimum absolute atomic E-state index is 0.0154. The third kappa shape index (κ3) is 3.20. The molecule has 0 aliphatic carbocycles. The smallest absolute Gasteiger partial charge is 0.121 e. The van der Waals surface area contributed by atoms with Crippen molar-refractivity contribution in [1.82, 2.24) is 0 Å². The van der Waals surface area contributed by atoms with Gasteiger partial charge in [-0.15, -0.1) is 11.8 Å². The molecule has 2 aromatic rings. The molecule has 2 N–H and O–H groups in total. The number of aromatic hydroxyl groups is 1. The molecule has 0 heterocycles. The van der Waals surface area contributed by atoms with Crippen molar-refractivity contribution in [3.8, 4) is 11.5 Å². The summed E-state index contributed by atoms with van der Waals surface area (Å²) in [5.74, 6) is 1.01. The average molecular weight is 289 g/mol. The second kappa shape index (κ2) is 6.57. The molecule has 2 aromatic carbocycles. The van der Waals surface area contributed by atoms with Gasteiger partial charge in [0, 0.05) is 16.1 Å². The lowest BCUT2D eigenvalue weighted by Crippen LogP contribution is -2.07. The third-order valence-electron chi connectivity index (χ3n) is 3.18. The number of phenols is 1. The molecule has 0 aliphatic heterocycles. The molecule has 1 unspecified atom stereocenters. The summed E-state index contributed by atoms with van der Waals surface area (Å²) >= 11 is 1.69. The lowest BCUT2D eigenvalue weighted by atomic mass is 10.1. The molecule has 0 bridgehead atoms. The number of nitrogens with one attached hydrogen (secondary N) is 1. The molecule has 0 saturated carbocycles. The summed E-state index contributed by atoms with van der Waals surface area (Å²) in [6.45, 7) is 2.02. The van der Waals surface area contributed by atoms with E-state index in [0.717, 1.165) is 17.0 Å². The van der Waals surface area contributed by atoms with Gasteiger partial charge in [0.15, 0.2) is 0 Å². The van der Waals surface area contributed by atoms with Gasteiger partial charge in [-0.3, -0.25) is 0 Å². The van der Waals surface area contributed by atoms with Crippen molar-refractivity contribution in [2.24, 2.45) is 0 Å². The second-order valence-electron chi connectivity index (χ2n) is 4.49. The summed E-state index contributed by atoms with van der Waals surface area (Å²) in [5, 5.41) is 13.4. The Morgan fingerprint density at radius 1 is 1.20 bits per heavy atom. The molecule has 2 rings (SSSR count). The number of para-hydroxylation sites is 1.